The van der Waals surface area contributed by atoms with Gasteiger partial charge in [-0.25, -0.2) is 4.79 Å². The van der Waals surface area contributed by atoms with Gasteiger partial charge in [0, 0.05) is 31.7 Å². The SMILES string of the molecule is CC(=O)Oc1c(Cl)c(C)c(C(=O)O)c(OC(C)=O)c1C/C=C(C)/C=C/C1(C)C(C)CCC(=O)C1C. The van der Waals surface area contributed by atoms with E-state index in [1.54, 1.807) is 6.08 Å². The van der Waals surface area contributed by atoms with Crippen molar-refractivity contribution in [3.8, 4) is 11.5 Å². The molecule has 1 aromatic rings. The Morgan fingerprint density at radius 3 is 2.23 bits per heavy atom. The number of carboxylic acid groups (broad SMARTS) is 1. The Hall–Kier alpha value is -2.93. The van der Waals surface area contributed by atoms with Gasteiger partial charge in [-0.05, 0) is 43.6 Å². The molecule has 3 atom stereocenters. The monoisotopic (exact) mass is 504 g/mol. The summed E-state index contributed by atoms with van der Waals surface area (Å²) in [6.07, 6.45) is 7.30. The molecule has 0 bridgehead atoms. The second kappa shape index (κ2) is 11.2. The maximum atomic E-state index is 12.3. The van der Waals surface area contributed by atoms with Crippen LogP contribution in [0.25, 0.3) is 0 Å². The number of hydrogen-bond acceptors (Lipinski definition) is 6. The molecule has 2 rings (SSSR count). The molecule has 0 heterocycles. The highest BCUT2D eigenvalue weighted by atomic mass is 35.5. The first-order valence-corrected chi connectivity index (χ1v) is 11.9. The summed E-state index contributed by atoms with van der Waals surface area (Å²) in [5.74, 6) is -2.46. The summed E-state index contributed by atoms with van der Waals surface area (Å²) >= 11 is 6.39. The van der Waals surface area contributed by atoms with Crippen LogP contribution < -0.4 is 9.47 Å². The number of carboxylic acids is 1. The molecule has 1 N–H and O–H groups in total. The molecule has 1 aliphatic carbocycles. The van der Waals surface area contributed by atoms with Crippen molar-refractivity contribution in [2.45, 2.75) is 67.7 Å². The van der Waals surface area contributed by atoms with Crippen molar-refractivity contribution in [1.82, 2.24) is 0 Å². The van der Waals surface area contributed by atoms with E-state index in [1.165, 1.54) is 13.8 Å². The average molecular weight is 505 g/mol. The predicted octanol–water partition coefficient (Wildman–Crippen LogP) is 5.88. The minimum Gasteiger partial charge on any atom is -0.478 e. The lowest BCUT2D eigenvalue weighted by molar-refractivity contribution is -0.132. The van der Waals surface area contributed by atoms with Gasteiger partial charge >= 0.3 is 17.9 Å². The molecule has 0 spiro atoms. The lowest BCUT2D eigenvalue weighted by atomic mass is 9.61. The molecule has 1 aliphatic rings. The molecule has 7 nitrogen and oxygen atoms in total. The van der Waals surface area contributed by atoms with Crippen molar-refractivity contribution < 1.29 is 33.8 Å². The van der Waals surface area contributed by atoms with Gasteiger partial charge in [-0.1, -0.05) is 56.2 Å². The Bertz CT molecular complexity index is 1120. The lowest BCUT2D eigenvalue weighted by Crippen LogP contribution is -2.40. The van der Waals surface area contributed by atoms with Gasteiger partial charge in [0.2, 0.25) is 0 Å². The summed E-state index contributed by atoms with van der Waals surface area (Å²) < 4.78 is 10.6. The minimum atomic E-state index is -1.32. The molecule has 1 saturated carbocycles. The highest BCUT2D eigenvalue weighted by molar-refractivity contribution is 6.33. The van der Waals surface area contributed by atoms with E-state index in [0.29, 0.717) is 12.3 Å². The van der Waals surface area contributed by atoms with Crippen molar-refractivity contribution >= 4 is 35.3 Å². The molecule has 0 aromatic heterocycles. The second-order valence-corrected chi connectivity index (χ2v) is 9.80. The molecule has 3 unspecified atom stereocenters. The van der Waals surface area contributed by atoms with E-state index in [4.69, 9.17) is 21.1 Å². The Kier molecular flexibility index (Phi) is 9.06. The zero-order valence-electron chi connectivity index (χ0n) is 21.3. The molecule has 190 valence electrons. The summed E-state index contributed by atoms with van der Waals surface area (Å²) in [4.78, 5) is 47.9. The Morgan fingerprint density at radius 1 is 1.11 bits per heavy atom. The first kappa shape index (κ1) is 28.3. The first-order chi connectivity index (χ1) is 16.2. The Labute approximate surface area is 211 Å². The van der Waals surface area contributed by atoms with Crippen molar-refractivity contribution in [2.24, 2.45) is 17.3 Å². The fourth-order valence-corrected chi connectivity index (χ4v) is 4.64. The third kappa shape index (κ3) is 6.20. The van der Waals surface area contributed by atoms with Gasteiger partial charge in [0.15, 0.2) is 11.5 Å². The van der Waals surface area contributed by atoms with Gasteiger partial charge in [-0.3, -0.25) is 14.4 Å². The van der Waals surface area contributed by atoms with Crippen molar-refractivity contribution in [2.75, 3.05) is 0 Å². The van der Waals surface area contributed by atoms with E-state index < -0.39 is 17.9 Å². The average Bonchev–Trinajstić information content (AvgIpc) is 2.76. The number of ketones is 1. The highest BCUT2D eigenvalue weighted by Crippen LogP contribution is 2.45. The highest BCUT2D eigenvalue weighted by Gasteiger charge is 2.41. The minimum absolute atomic E-state index is 0.0408. The summed E-state index contributed by atoms with van der Waals surface area (Å²) in [5, 5.41) is 9.73. The summed E-state index contributed by atoms with van der Waals surface area (Å²) in [6.45, 7) is 11.9. The van der Waals surface area contributed by atoms with Crippen LogP contribution in [0.4, 0.5) is 0 Å². The maximum Gasteiger partial charge on any atom is 0.339 e. The van der Waals surface area contributed by atoms with Gasteiger partial charge in [0.1, 0.15) is 11.3 Å². The van der Waals surface area contributed by atoms with Crippen LogP contribution in [0.1, 0.15) is 75.9 Å². The summed E-state index contributed by atoms with van der Waals surface area (Å²) in [6, 6.07) is 0. The summed E-state index contributed by atoms with van der Waals surface area (Å²) in [5.41, 5.74) is 0.569. The number of benzene rings is 1. The number of allylic oxidation sites excluding steroid dienone is 4. The molecular weight excluding hydrogens is 472 g/mol. The maximum absolute atomic E-state index is 12.3. The fraction of sp³-hybridized carbons (Fsp3) is 0.481. The molecule has 0 amide bonds. The van der Waals surface area contributed by atoms with E-state index in [-0.39, 0.29) is 56.7 Å². The molecule has 0 radical (unpaired) electrons. The molecule has 1 aromatic carbocycles. The van der Waals surface area contributed by atoms with Crippen LogP contribution >= 0.6 is 11.6 Å². The van der Waals surface area contributed by atoms with Crippen LogP contribution in [-0.2, 0) is 20.8 Å². The van der Waals surface area contributed by atoms with Gasteiger partial charge in [-0.2, -0.15) is 0 Å². The van der Waals surface area contributed by atoms with Crippen LogP contribution in [0.2, 0.25) is 5.02 Å². The number of Topliss-reactive ketones (excluding diaryl/α,β-unsaturated/α-hetero) is 1. The first-order valence-electron chi connectivity index (χ1n) is 11.5. The van der Waals surface area contributed by atoms with Crippen molar-refractivity contribution in [3.05, 3.63) is 45.5 Å². The van der Waals surface area contributed by atoms with Crippen LogP contribution in [-0.4, -0.2) is 28.8 Å². The molecular formula is C27H33ClO7. The second-order valence-electron chi connectivity index (χ2n) is 9.42. The number of esters is 2. The predicted molar refractivity (Wildman–Crippen MR) is 133 cm³/mol. The Morgan fingerprint density at radius 2 is 1.69 bits per heavy atom. The number of halogens is 1. The molecule has 1 fully saturated rings. The number of hydrogen-bond donors (Lipinski definition) is 1. The fourth-order valence-electron chi connectivity index (χ4n) is 4.40. The topological polar surface area (TPSA) is 107 Å². The van der Waals surface area contributed by atoms with Crippen LogP contribution in [0, 0.1) is 24.2 Å². The van der Waals surface area contributed by atoms with Crippen LogP contribution in [0.15, 0.2) is 23.8 Å². The molecule has 0 aliphatic heterocycles. The van der Waals surface area contributed by atoms with E-state index >= 15 is 0 Å². The van der Waals surface area contributed by atoms with Gasteiger partial charge in [0.05, 0.1) is 5.02 Å². The molecule has 35 heavy (non-hydrogen) atoms. The number of carbonyl (C=O) groups is 4. The van der Waals surface area contributed by atoms with Gasteiger partial charge < -0.3 is 14.6 Å². The van der Waals surface area contributed by atoms with Crippen molar-refractivity contribution in [1.29, 1.82) is 0 Å². The Balaban J connectivity index is 2.56. The largest absolute Gasteiger partial charge is 0.478 e. The smallest absolute Gasteiger partial charge is 0.339 e. The van der Waals surface area contributed by atoms with E-state index in [0.717, 1.165) is 18.9 Å². The lowest BCUT2D eigenvalue weighted by Gasteiger charge is -2.42. The summed E-state index contributed by atoms with van der Waals surface area (Å²) in [7, 11) is 0. The zero-order valence-corrected chi connectivity index (χ0v) is 22.0. The van der Waals surface area contributed by atoms with E-state index in [2.05, 4.69) is 19.9 Å². The van der Waals surface area contributed by atoms with Gasteiger partial charge in [-0.15, -0.1) is 0 Å². The number of aromatic carboxylic acids is 1. The van der Waals surface area contributed by atoms with E-state index in [9.17, 15) is 24.3 Å². The van der Waals surface area contributed by atoms with Crippen LogP contribution in [0.5, 0.6) is 11.5 Å². The quantitative estimate of drug-likeness (QED) is 0.280. The normalized spacial score (nSPS) is 22.9. The molecule has 8 heteroatoms. The molecule has 0 saturated heterocycles. The van der Waals surface area contributed by atoms with E-state index in [1.807, 2.05) is 19.9 Å². The number of rotatable bonds is 7. The number of ether oxygens (including phenoxy) is 2. The number of carbonyl (C=O) groups excluding carboxylic acids is 3. The third-order valence-corrected chi connectivity index (χ3v) is 7.47. The zero-order chi connectivity index (χ0) is 26.7. The van der Waals surface area contributed by atoms with Crippen molar-refractivity contribution in [3.63, 3.8) is 0 Å². The van der Waals surface area contributed by atoms with Crippen LogP contribution in [0.3, 0.4) is 0 Å². The third-order valence-electron chi connectivity index (χ3n) is 7.02. The van der Waals surface area contributed by atoms with Gasteiger partial charge in [0.25, 0.3) is 0 Å². The standard InChI is InChI=1S/C27H33ClO7/c1-14(12-13-27(7)15(2)9-11-21(31)17(27)4)8-10-20-24(34-18(5)29)22(26(32)33)16(3)23(28)25(20)35-19(6)30/h8,12-13,15,17H,9-11H2,1-7H3,(H,32,33)/b13-12+,14-8+.